The summed E-state index contributed by atoms with van der Waals surface area (Å²) >= 11 is 0. The SMILES string of the molecule is CN(C)c1ccc(NC2CCc3cc(/C=C/C(=O)O)ccc32)cc1. The molecule has 0 amide bonds. The number of nitrogens with zero attached hydrogens (tertiary/aromatic N) is 1. The van der Waals surface area contributed by atoms with Gasteiger partial charge in [-0.1, -0.05) is 18.2 Å². The second kappa shape index (κ2) is 6.79. The summed E-state index contributed by atoms with van der Waals surface area (Å²) in [6.07, 6.45) is 4.89. The molecule has 4 nitrogen and oxygen atoms in total. The number of carboxylic acid groups (broad SMARTS) is 1. The van der Waals surface area contributed by atoms with Gasteiger partial charge in [-0.05, 0) is 59.9 Å². The van der Waals surface area contributed by atoms with Crippen LogP contribution in [0.4, 0.5) is 11.4 Å². The Morgan fingerprint density at radius 1 is 1.21 bits per heavy atom. The number of nitrogens with one attached hydrogen (secondary N) is 1. The highest BCUT2D eigenvalue weighted by Crippen LogP contribution is 2.34. The summed E-state index contributed by atoms with van der Waals surface area (Å²) in [6.45, 7) is 0. The highest BCUT2D eigenvalue weighted by Gasteiger charge is 2.22. The van der Waals surface area contributed by atoms with Gasteiger partial charge in [-0.15, -0.1) is 0 Å². The first-order valence-corrected chi connectivity index (χ1v) is 8.11. The van der Waals surface area contributed by atoms with Crippen LogP contribution in [-0.4, -0.2) is 25.2 Å². The number of hydrogen-bond donors (Lipinski definition) is 2. The maximum Gasteiger partial charge on any atom is 0.328 e. The van der Waals surface area contributed by atoms with E-state index in [1.807, 2.05) is 20.2 Å². The molecule has 1 aliphatic carbocycles. The van der Waals surface area contributed by atoms with Crippen LogP contribution in [0.15, 0.2) is 48.5 Å². The molecule has 0 aliphatic heterocycles. The molecule has 24 heavy (non-hydrogen) atoms. The molecule has 0 bridgehead atoms. The van der Waals surface area contributed by atoms with E-state index in [9.17, 15) is 4.79 Å². The van der Waals surface area contributed by atoms with Gasteiger partial charge in [-0.2, -0.15) is 0 Å². The Bertz CT molecular complexity index is 764. The molecular formula is C20H22N2O2. The Hall–Kier alpha value is -2.75. The van der Waals surface area contributed by atoms with E-state index in [-0.39, 0.29) is 0 Å². The van der Waals surface area contributed by atoms with Gasteiger partial charge in [-0.3, -0.25) is 0 Å². The molecule has 124 valence electrons. The highest BCUT2D eigenvalue weighted by atomic mass is 16.4. The van der Waals surface area contributed by atoms with Crippen molar-refractivity contribution >= 4 is 23.4 Å². The van der Waals surface area contributed by atoms with Crippen molar-refractivity contribution in [1.82, 2.24) is 0 Å². The van der Waals surface area contributed by atoms with Gasteiger partial charge in [-0.25, -0.2) is 4.79 Å². The molecule has 0 heterocycles. The van der Waals surface area contributed by atoms with Gasteiger partial charge in [0, 0.05) is 31.5 Å². The fraction of sp³-hybridized carbons (Fsp3) is 0.250. The largest absolute Gasteiger partial charge is 0.478 e. The number of hydrogen-bond acceptors (Lipinski definition) is 3. The predicted molar refractivity (Wildman–Crippen MR) is 98.6 cm³/mol. The van der Waals surface area contributed by atoms with Crippen LogP contribution < -0.4 is 10.2 Å². The third-order valence-corrected chi connectivity index (χ3v) is 4.39. The third-order valence-electron chi connectivity index (χ3n) is 4.39. The van der Waals surface area contributed by atoms with Crippen molar-refractivity contribution in [3.63, 3.8) is 0 Å². The average molecular weight is 322 g/mol. The minimum absolute atomic E-state index is 0.308. The summed E-state index contributed by atoms with van der Waals surface area (Å²) in [5.74, 6) is -0.920. The molecule has 0 radical (unpaired) electrons. The maximum absolute atomic E-state index is 10.6. The summed E-state index contributed by atoms with van der Waals surface area (Å²) in [5, 5.41) is 12.3. The molecule has 2 N–H and O–H groups in total. The molecule has 0 fully saturated rings. The van der Waals surface area contributed by atoms with E-state index in [2.05, 4.69) is 46.6 Å². The van der Waals surface area contributed by atoms with Crippen LogP contribution in [0.2, 0.25) is 0 Å². The Balaban J connectivity index is 1.73. The molecule has 2 aromatic rings. The van der Waals surface area contributed by atoms with Gasteiger partial charge in [0.2, 0.25) is 0 Å². The summed E-state index contributed by atoms with van der Waals surface area (Å²) < 4.78 is 0. The minimum Gasteiger partial charge on any atom is -0.478 e. The molecule has 0 saturated heterocycles. The van der Waals surface area contributed by atoms with E-state index < -0.39 is 5.97 Å². The van der Waals surface area contributed by atoms with E-state index in [4.69, 9.17) is 5.11 Å². The van der Waals surface area contributed by atoms with Crippen LogP contribution in [-0.2, 0) is 11.2 Å². The molecule has 0 saturated carbocycles. The van der Waals surface area contributed by atoms with E-state index in [1.165, 1.54) is 22.9 Å². The number of carbonyl (C=O) groups is 1. The maximum atomic E-state index is 10.6. The Morgan fingerprint density at radius 2 is 1.96 bits per heavy atom. The fourth-order valence-electron chi connectivity index (χ4n) is 3.12. The van der Waals surface area contributed by atoms with Gasteiger partial charge in [0.25, 0.3) is 0 Å². The van der Waals surface area contributed by atoms with Gasteiger partial charge in [0.1, 0.15) is 0 Å². The topological polar surface area (TPSA) is 52.6 Å². The number of aryl methyl sites for hydroxylation is 1. The highest BCUT2D eigenvalue weighted by molar-refractivity contribution is 5.85. The molecule has 4 heteroatoms. The van der Waals surface area contributed by atoms with Crippen molar-refractivity contribution < 1.29 is 9.90 Å². The number of carboxylic acids is 1. The Kier molecular flexibility index (Phi) is 4.56. The lowest BCUT2D eigenvalue weighted by molar-refractivity contribution is -0.131. The normalized spacial score (nSPS) is 16.2. The van der Waals surface area contributed by atoms with Crippen LogP contribution >= 0.6 is 0 Å². The van der Waals surface area contributed by atoms with Crippen LogP contribution in [0, 0.1) is 0 Å². The first-order chi connectivity index (χ1) is 11.5. The van der Waals surface area contributed by atoms with E-state index in [1.54, 1.807) is 6.08 Å². The van der Waals surface area contributed by atoms with E-state index in [0.29, 0.717) is 6.04 Å². The van der Waals surface area contributed by atoms with Crippen molar-refractivity contribution in [2.24, 2.45) is 0 Å². The quantitative estimate of drug-likeness (QED) is 0.819. The lowest BCUT2D eigenvalue weighted by Crippen LogP contribution is -2.09. The molecule has 1 aliphatic rings. The zero-order chi connectivity index (χ0) is 17.1. The monoisotopic (exact) mass is 322 g/mol. The number of fused-ring (bicyclic) bond motifs is 1. The molecular weight excluding hydrogens is 300 g/mol. The Morgan fingerprint density at radius 3 is 2.62 bits per heavy atom. The first kappa shape index (κ1) is 16.1. The predicted octanol–water partition coefficient (Wildman–Crippen LogP) is 3.95. The summed E-state index contributed by atoms with van der Waals surface area (Å²) in [5.41, 5.74) is 5.84. The van der Waals surface area contributed by atoms with Crippen molar-refractivity contribution in [2.75, 3.05) is 24.3 Å². The van der Waals surface area contributed by atoms with Gasteiger partial charge >= 0.3 is 5.97 Å². The molecule has 0 aromatic heterocycles. The molecule has 2 aromatic carbocycles. The van der Waals surface area contributed by atoms with Crippen LogP contribution in [0.1, 0.15) is 29.2 Å². The second-order valence-electron chi connectivity index (χ2n) is 6.31. The van der Waals surface area contributed by atoms with E-state index >= 15 is 0 Å². The lowest BCUT2D eigenvalue weighted by Gasteiger charge is -2.17. The van der Waals surface area contributed by atoms with Crippen LogP contribution in [0.25, 0.3) is 6.08 Å². The van der Waals surface area contributed by atoms with Gasteiger partial charge in [0.15, 0.2) is 0 Å². The van der Waals surface area contributed by atoms with Crippen LogP contribution in [0.3, 0.4) is 0 Å². The fourth-order valence-corrected chi connectivity index (χ4v) is 3.12. The Labute approximate surface area is 142 Å². The smallest absolute Gasteiger partial charge is 0.328 e. The number of benzene rings is 2. The van der Waals surface area contributed by atoms with Crippen molar-refractivity contribution in [2.45, 2.75) is 18.9 Å². The van der Waals surface area contributed by atoms with Gasteiger partial charge in [0.05, 0.1) is 6.04 Å². The first-order valence-electron chi connectivity index (χ1n) is 8.11. The number of anilines is 2. The van der Waals surface area contributed by atoms with Crippen LogP contribution in [0.5, 0.6) is 0 Å². The van der Waals surface area contributed by atoms with Gasteiger partial charge < -0.3 is 15.3 Å². The zero-order valence-electron chi connectivity index (χ0n) is 14.0. The molecule has 1 unspecified atom stereocenters. The molecule has 0 spiro atoms. The van der Waals surface area contributed by atoms with E-state index in [0.717, 1.165) is 24.1 Å². The molecule has 3 rings (SSSR count). The lowest BCUT2D eigenvalue weighted by atomic mass is 10.0. The standard InChI is InChI=1S/C20H22N2O2/c1-22(2)17-8-6-16(7-9-17)21-19-11-5-15-13-14(3-10-18(15)19)4-12-20(23)24/h3-4,6-10,12-13,19,21H,5,11H2,1-2H3,(H,23,24)/b12-4+. The van der Waals surface area contributed by atoms with Crippen molar-refractivity contribution in [3.05, 3.63) is 65.2 Å². The summed E-state index contributed by atoms with van der Waals surface area (Å²) in [7, 11) is 4.07. The zero-order valence-corrected chi connectivity index (χ0v) is 14.0. The van der Waals surface area contributed by atoms with Crippen molar-refractivity contribution in [1.29, 1.82) is 0 Å². The van der Waals surface area contributed by atoms with Crippen molar-refractivity contribution in [3.8, 4) is 0 Å². The molecule has 1 atom stereocenters. The number of rotatable bonds is 5. The summed E-state index contributed by atoms with van der Waals surface area (Å²) in [4.78, 5) is 12.7. The average Bonchev–Trinajstić information content (AvgIpc) is 2.95. The second-order valence-corrected chi connectivity index (χ2v) is 6.31. The number of aliphatic carboxylic acids is 1. The minimum atomic E-state index is -0.920. The summed E-state index contributed by atoms with van der Waals surface area (Å²) in [6, 6.07) is 14.9. The third kappa shape index (κ3) is 3.59.